The van der Waals surface area contributed by atoms with Crippen LogP contribution in [0, 0.1) is 13.8 Å². The van der Waals surface area contributed by atoms with Crippen LogP contribution in [0.4, 0.5) is 0 Å². The predicted octanol–water partition coefficient (Wildman–Crippen LogP) is 2.66. The second-order valence-electron chi connectivity index (χ2n) is 7.82. The summed E-state index contributed by atoms with van der Waals surface area (Å²) in [5, 5.41) is 0. The summed E-state index contributed by atoms with van der Waals surface area (Å²) in [7, 11) is -3.53. The number of hydrogen-bond donors (Lipinski definition) is 0. The number of nitrogens with zero attached hydrogens (tertiary/aromatic N) is 3. The van der Waals surface area contributed by atoms with Crippen molar-refractivity contribution in [3.63, 3.8) is 0 Å². The quantitative estimate of drug-likeness (QED) is 0.679. The topological polar surface area (TPSA) is 60.9 Å². The van der Waals surface area contributed by atoms with Gasteiger partial charge < -0.3 is 4.90 Å². The number of likely N-dealkylation sites (N-methyl/N-ethyl adjacent to an activating group) is 1. The van der Waals surface area contributed by atoms with Crippen molar-refractivity contribution in [1.29, 1.82) is 0 Å². The molecule has 0 atom stereocenters. The molecule has 3 rings (SSSR count). The molecule has 162 valence electrons. The minimum Gasteiger partial charge on any atom is -0.339 e. The minimum absolute atomic E-state index is 0.0519. The third-order valence-corrected chi connectivity index (χ3v) is 7.66. The Bertz CT molecular complexity index is 968. The van der Waals surface area contributed by atoms with Crippen molar-refractivity contribution < 1.29 is 13.2 Å². The first-order valence-electron chi connectivity index (χ1n) is 10.4. The van der Waals surface area contributed by atoms with Crippen molar-refractivity contribution in [2.24, 2.45) is 0 Å². The number of piperazine rings is 1. The van der Waals surface area contributed by atoms with E-state index in [4.69, 9.17) is 0 Å². The molecule has 1 aliphatic rings. The van der Waals surface area contributed by atoms with Crippen LogP contribution in [0.3, 0.4) is 0 Å². The van der Waals surface area contributed by atoms with Crippen molar-refractivity contribution in [3.05, 3.63) is 65.2 Å². The number of carbonyl (C=O) groups is 1. The van der Waals surface area contributed by atoms with E-state index in [1.54, 1.807) is 17.0 Å². The highest BCUT2D eigenvalue weighted by Gasteiger charge is 2.30. The van der Waals surface area contributed by atoms with E-state index in [2.05, 4.69) is 17.0 Å². The van der Waals surface area contributed by atoms with E-state index >= 15 is 0 Å². The van der Waals surface area contributed by atoms with Gasteiger partial charge in [0, 0.05) is 32.7 Å². The Morgan fingerprint density at radius 2 is 1.63 bits per heavy atom. The van der Waals surface area contributed by atoms with Gasteiger partial charge in [-0.25, -0.2) is 8.42 Å². The molecule has 1 amide bonds. The van der Waals surface area contributed by atoms with Crippen molar-refractivity contribution in [1.82, 2.24) is 14.1 Å². The average Bonchev–Trinajstić information content (AvgIpc) is 2.75. The van der Waals surface area contributed by atoms with Crippen LogP contribution in [-0.2, 0) is 21.4 Å². The Balaban J connectivity index is 1.57. The first-order valence-corrected chi connectivity index (χ1v) is 11.9. The molecule has 1 fully saturated rings. The fourth-order valence-corrected chi connectivity index (χ4v) is 5.12. The molecule has 0 radical (unpaired) electrons. The number of benzene rings is 2. The molecule has 6 nitrogen and oxygen atoms in total. The molecule has 2 aromatic carbocycles. The molecular formula is C23H31N3O3S. The number of amides is 1. The zero-order chi connectivity index (χ0) is 21.7. The molecule has 2 aromatic rings. The van der Waals surface area contributed by atoms with Gasteiger partial charge in [-0.1, -0.05) is 43.3 Å². The van der Waals surface area contributed by atoms with Gasteiger partial charge in [0.2, 0.25) is 15.9 Å². The molecular weight excluding hydrogens is 398 g/mol. The Morgan fingerprint density at radius 3 is 2.23 bits per heavy atom. The van der Waals surface area contributed by atoms with Crippen LogP contribution < -0.4 is 0 Å². The largest absolute Gasteiger partial charge is 0.339 e. The van der Waals surface area contributed by atoms with Gasteiger partial charge in [-0.2, -0.15) is 4.31 Å². The van der Waals surface area contributed by atoms with Gasteiger partial charge in [-0.15, -0.1) is 0 Å². The van der Waals surface area contributed by atoms with Crippen LogP contribution in [0.2, 0.25) is 0 Å². The zero-order valence-corrected chi connectivity index (χ0v) is 18.9. The Morgan fingerprint density at radius 1 is 0.967 bits per heavy atom. The standard InChI is InChI=1S/C23H31N3O3S/c1-4-24(17-21-8-6-5-7-9-21)18-23(27)25-12-14-26(15-13-25)30(28,29)22-11-10-19(2)20(3)16-22/h5-11,16H,4,12-15,17-18H2,1-3H3. The Hall–Kier alpha value is -2.22. The number of carbonyl (C=O) groups excluding carboxylic acids is 1. The number of rotatable bonds is 7. The highest BCUT2D eigenvalue weighted by atomic mass is 32.2. The van der Waals surface area contributed by atoms with E-state index in [0.29, 0.717) is 37.6 Å². The van der Waals surface area contributed by atoms with E-state index in [0.717, 1.165) is 24.2 Å². The molecule has 0 unspecified atom stereocenters. The van der Waals surface area contributed by atoms with E-state index in [-0.39, 0.29) is 5.91 Å². The first kappa shape index (κ1) is 22.5. The molecule has 30 heavy (non-hydrogen) atoms. The summed E-state index contributed by atoms with van der Waals surface area (Å²) in [6, 6.07) is 15.3. The van der Waals surface area contributed by atoms with E-state index in [1.807, 2.05) is 45.0 Å². The SMILES string of the molecule is CCN(CC(=O)N1CCN(S(=O)(=O)c2ccc(C)c(C)c2)CC1)Cc1ccccc1. The molecule has 0 aliphatic carbocycles. The number of aryl methyl sites for hydroxylation is 2. The summed E-state index contributed by atoms with van der Waals surface area (Å²) in [5.74, 6) is 0.0519. The van der Waals surface area contributed by atoms with E-state index in [1.165, 1.54) is 9.87 Å². The second kappa shape index (κ2) is 9.73. The highest BCUT2D eigenvalue weighted by molar-refractivity contribution is 7.89. The molecule has 1 aliphatic heterocycles. The van der Waals surface area contributed by atoms with Crippen LogP contribution in [0.25, 0.3) is 0 Å². The van der Waals surface area contributed by atoms with Gasteiger partial charge in [-0.05, 0) is 49.2 Å². The fraction of sp³-hybridized carbons (Fsp3) is 0.435. The summed E-state index contributed by atoms with van der Waals surface area (Å²) in [6.45, 7) is 9.27. The lowest BCUT2D eigenvalue weighted by atomic mass is 10.1. The van der Waals surface area contributed by atoms with Gasteiger partial charge in [0.1, 0.15) is 0 Å². The molecule has 0 saturated carbocycles. The lowest BCUT2D eigenvalue weighted by Crippen LogP contribution is -2.52. The van der Waals surface area contributed by atoms with E-state index in [9.17, 15) is 13.2 Å². The lowest BCUT2D eigenvalue weighted by molar-refractivity contribution is -0.133. The molecule has 7 heteroatoms. The van der Waals surface area contributed by atoms with Crippen LogP contribution in [0.1, 0.15) is 23.6 Å². The molecule has 0 N–H and O–H groups in total. The molecule has 1 saturated heterocycles. The summed E-state index contributed by atoms with van der Waals surface area (Å²) < 4.78 is 27.4. The van der Waals surface area contributed by atoms with Gasteiger partial charge in [0.15, 0.2) is 0 Å². The zero-order valence-electron chi connectivity index (χ0n) is 18.0. The third kappa shape index (κ3) is 5.28. The van der Waals surface area contributed by atoms with Crippen LogP contribution in [-0.4, -0.2) is 67.7 Å². The predicted molar refractivity (Wildman–Crippen MR) is 119 cm³/mol. The van der Waals surface area contributed by atoms with Gasteiger partial charge in [-0.3, -0.25) is 9.69 Å². The van der Waals surface area contributed by atoms with Crippen molar-refractivity contribution in [3.8, 4) is 0 Å². The smallest absolute Gasteiger partial charge is 0.243 e. The maximum atomic E-state index is 13.0. The number of sulfonamides is 1. The minimum atomic E-state index is -3.53. The van der Waals surface area contributed by atoms with E-state index < -0.39 is 10.0 Å². The summed E-state index contributed by atoms with van der Waals surface area (Å²) in [4.78, 5) is 17.0. The second-order valence-corrected chi connectivity index (χ2v) is 9.76. The molecule has 1 heterocycles. The maximum absolute atomic E-state index is 13.0. The molecule has 0 spiro atoms. The normalized spacial score (nSPS) is 15.5. The van der Waals surface area contributed by atoms with Crippen molar-refractivity contribution in [2.45, 2.75) is 32.2 Å². The third-order valence-electron chi connectivity index (χ3n) is 5.76. The van der Waals surface area contributed by atoms with Gasteiger partial charge in [0.05, 0.1) is 11.4 Å². The lowest BCUT2D eigenvalue weighted by Gasteiger charge is -2.35. The Labute approximate surface area is 180 Å². The molecule has 0 aromatic heterocycles. The van der Waals surface area contributed by atoms with Gasteiger partial charge >= 0.3 is 0 Å². The summed E-state index contributed by atoms with van der Waals surface area (Å²) in [6.07, 6.45) is 0. The highest BCUT2D eigenvalue weighted by Crippen LogP contribution is 2.20. The monoisotopic (exact) mass is 429 g/mol. The Kier molecular flexibility index (Phi) is 7.28. The van der Waals surface area contributed by atoms with Gasteiger partial charge in [0.25, 0.3) is 0 Å². The summed E-state index contributed by atoms with van der Waals surface area (Å²) in [5.41, 5.74) is 3.21. The first-order chi connectivity index (χ1) is 14.3. The van der Waals surface area contributed by atoms with Crippen molar-refractivity contribution in [2.75, 3.05) is 39.3 Å². The number of hydrogen-bond acceptors (Lipinski definition) is 4. The van der Waals surface area contributed by atoms with Crippen LogP contribution >= 0.6 is 0 Å². The van der Waals surface area contributed by atoms with Crippen LogP contribution in [0.15, 0.2) is 53.4 Å². The maximum Gasteiger partial charge on any atom is 0.243 e. The van der Waals surface area contributed by atoms with Crippen molar-refractivity contribution >= 4 is 15.9 Å². The van der Waals surface area contributed by atoms with Crippen LogP contribution in [0.5, 0.6) is 0 Å². The fourth-order valence-electron chi connectivity index (χ4n) is 3.61. The molecule has 0 bridgehead atoms. The summed E-state index contributed by atoms with van der Waals surface area (Å²) >= 11 is 0. The average molecular weight is 430 g/mol.